The van der Waals surface area contributed by atoms with Crippen LogP contribution in [0.25, 0.3) is 0 Å². The molecule has 10 heteroatoms. The third kappa shape index (κ3) is 4.36. The van der Waals surface area contributed by atoms with Gasteiger partial charge in [-0.25, -0.2) is 5.21 Å². The largest absolute Gasteiger partial charge is 0.490 e. The topological polar surface area (TPSA) is 99.4 Å². The molecular formula is C29H27ClN3O6+. The number of ether oxygens (including phenoxy) is 2. The van der Waals surface area contributed by atoms with Crippen molar-refractivity contribution in [3.8, 4) is 11.5 Å². The lowest BCUT2D eigenvalue weighted by atomic mass is 9.62. The molecule has 0 radical (unpaired) electrons. The molecule has 3 heterocycles. The number of fused-ring (bicyclic) bond motifs is 1. The number of rotatable bonds is 4. The summed E-state index contributed by atoms with van der Waals surface area (Å²) in [6.45, 7) is 1.99. The molecule has 3 aromatic carbocycles. The molecule has 3 aromatic rings. The van der Waals surface area contributed by atoms with Crippen molar-refractivity contribution in [3.05, 3.63) is 87.8 Å². The van der Waals surface area contributed by atoms with Gasteiger partial charge in [0, 0.05) is 47.9 Å². The van der Waals surface area contributed by atoms with Gasteiger partial charge in [0.05, 0.1) is 29.6 Å². The predicted molar refractivity (Wildman–Crippen MR) is 143 cm³/mol. The SMILES string of the molecule is O=C(c1ccc2c(c1)OCCCO2)N1CCC2(CC1)C(=O)N(c1ccc([N+](=O)O)cc1)C2c1ccc(Cl)cc1. The van der Waals surface area contributed by atoms with E-state index >= 15 is 0 Å². The first-order chi connectivity index (χ1) is 18.9. The lowest BCUT2D eigenvalue weighted by molar-refractivity contribution is -0.729. The van der Waals surface area contributed by atoms with E-state index in [0.29, 0.717) is 66.9 Å². The number of β-lactam (4-membered cyclic amide) rings is 1. The summed E-state index contributed by atoms with van der Waals surface area (Å²) in [4.78, 5) is 41.7. The maximum Gasteiger partial charge on any atom is 0.316 e. The summed E-state index contributed by atoms with van der Waals surface area (Å²) in [5, 5.41) is 9.79. The van der Waals surface area contributed by atoms with Crippen molar-refractivity contribution in [3.63, 3.8) is 0 Å². The van der Waals surface area contributed by atoms with Gasteiger partial charge in [0.1, 0.15) is 0 Å². The number of amides is 2. The molecule has 2 amide bonds. The van der Waals surface area contributed by atoms with Crippen LogP contribution in [0.2, 0.25) is 5.02 Å². The molecule has 3 aliphatic rings. The zero-order valence-corrected chi connectivity index (χ0v) is 21.8. The number of likely N-dealkylation sites (tertiary alicyclic amines) is 1. The number of benzene rings is 3. The minimum Gasteiger partial charge on any atom is -0.490 e. The summed E-state index contributed by atoms with van der Waals surface area (Å²) in [7, 11) is 0. The fourth-order valence-electron chi connectivity index (χ4n) is 5.85. The van der Waals surface area contributed by atoms with E-state index in [1.807, 2.05) is 12.1 Å². The monoisotopic (exact) mass is 548 g/mol. The number of carbonyl (C=O) groups is 2. The summed E-state index contributed by atoms with van der Waals surface area (Å²) in [6.07, 6.45) is 1.80. The van der Waals surface area contributed by atoms with Crippen molar-refractivity contribution in [2.45, 2.75) is 25.3 Å². The Bertz CT molecular complexity index is 1430. The zero-order chi connectivity index (χ0) is 27.1. The van der Waals surface area contributed by atoms with Crippen molar-refractivity contribution < 1.29 is 29.2 Å². The summed E-state index contributed by atoms with van der Waals surface area (Å²) >= 11 is 6.15. The summed E-state index contributed by atoms with van der Waals surface area (Å²) in [6, 6.07) is 18.7. The molecule has 0 aromatic heterocycles. The van der Waals surface area contributed by atoms with Crippen LogP contribution in [-0.2, 0) is 4.79 Å². The smallest absolute Gasteiger partial charge is 0.316 e. The van der Waals surface area contributed by atoms with Crippen LogP contribution in [0.3, 0.4) is 0 Å². The van der Waals surface area contributed by atoms with Gasteiger partial charge in [0.15, 0.2) is 11.5 Å². The number of hydrogen-bond acceptors (Lipinski definition) is 5. The fourth-order valence-corrected chi connectivity index (χ4v) is 5.98. The van der Waals surface area contributed by atoms with Gasteiger partial charge < -0.3 is 19.3 Å². The quantitative estimate of drug-likeness (QED) is 0.350. The number of carbonyl (C=O) groups excluding carboxylic acids is 2. The number of piperidine rings is 1. The Morgan fingerprint density at radius 3 is 2.28 bits per heavy atom. The van der Waals surface area contributed by atoms with E-state index in [9.17, 15) is 19.7 Å². The molecule has 0 bridgehead atoms. The molecular weight excluding hydrogens is 522 g/mol. The van der Waals surface area contributed by atoms with E-state index in [1.54, 1.807) is 52.3 Å². The highest BCUT2D eigenvalue weighted by Gasteiger charge is 2.62. The van der Waals surface area contributed by atoms with E-state index in [2.05, 4.69) is 0 Å². The number of nitrogens with zero attached hydrogens (tertiary/aromatic N) is 3. The molecule has 0 aliphatic carbocycles. The van der Waals surface area contributed by atoms with Gasteiger partial charge in [-0.1, -0.05) is 23.7 Å². The van der Waals surface area contributed by atoms with Crippen molar-refractivity contribution >= 4 is 34.8 Å². The lowest BCUT2D eigenvalue weighted by Gasteiger charge is -2.59. The lowest BCUT2D eigenvalue weighted by Crippen LogP contribution is -2.67. The van der Waals surface area contributed by atoms with Crippen LogP contribution >= 0.6 is 11.6 Å². The van der Waals surface area contributed by atoms with Crippen molar-refractivity contribution in [2.75, 3.05) is 31.2 Å². The van der Waals surface area contributed by atoms with Gasteiger partial charge in [-0.2, -0.15) is 0 Å². The second-order valence-corrected chi connectivity index (χ2v) is 10.5. The highest BCUT2D eigenvalue weighted by Crippen LogP contribution is 2.57. The second-order valence-electron chi connectivity index (χ2n) is 10.1. The van der Waals surface area contributed by atoms with Crippen LogP contribution in [0.1, 0.15) is 41.2 Å². The number of halogens is 1. The minimum absolute atomic E-state index is 0.0270. The first-order valence-electron chi connectivity index (χ1n) is 12.9. The van der Waals surface area contributed by atoms with Gasteiger partial charge in [0.25, 0.3) is 10.8 Å². The Hall–Kier alpha value is -4.11. The number of anilines is 1. The van der Waals surface area contributed by atoms with E-state index in [-0.39, 0.29) is 28.5 Å². The van der Waals surface area contributed by atoms with Gasteiger partial charge in [-0.05, 0) is 60.9 Å². The maximum atomic E-state index is 13.8. The molecule has 0 saturated carbocycles. The van der Waals surface area contributed by atoms with Crippen LogP contribution in [0.15, 0.2) is 66.7 Å². The molecule has 39 heavy (non-hydrogen) atoms. The van der Waals surface area contributed by atoms with Crippen LogP contribution in [-0.4, -0.2) is 53.1 Å². The van der Waals surface area contributed by atoms with Crippen molar-refractivity contribution in [1.29, 1.82) is 0 Å². The highest BCUT2D eigenvalue weighted by molar-refractivity contribution is 6.30. The van der Waals surface area contributed by atoms with Crippen LogP contribution in [0.5, 0.6) is 11.5 Å². The molecule has 3 aliphatic heterocycles. The molecule has 200 valence electrons. The Morgan fingerprint density at radius 1 is 0.949 bits per heavy atom. The van der Waals surface area contributed by atoms with Crippen LogP contribution in [0, 0.1) is 10.3 Å². The normalized spacial score (nSPS) is 19.8. The summed E-state index contributed by atoms with van der Waals surface area (Å²) in [5.74, 6) is 1.09. The van der Waals surface area contributed by atoms with Gasteiger partial charge in [-0.3, -0.25) is 9.59 Å². The average molecular weight is 549 g/mol. The molecule has 2 saturated heterocycles. The Morgan fingerprint density at radius 2 is 1.62 bits per heavy atom. The van der Waals surface area contributed by atoms with Crippen molar-refractivity contribution in [1.82, 2.24) is 4.90 Å². The van der Waals surface area contributed by atoms with Crippen LogP contribution in [0.4, 0.5) is 11.4 Å². The fraction of sp³-hybridized carbons (Fsp3) is 0.310. The van der Waals surface area contributed by atoms with Gasteiger partial charge >= 0.3 is 5.69 Å². The third-order valence-corrected chi connectivity index (χ3v) is 8.15. The first kappa shape index (κ1) is 25.2. The van der Waals surface area contributed by atoms with Crippen LogP contribution < -0.4 is 14.4 Å². The molecule has 2 fully saturated rings. The summed E-state index contributed by atoms with van der Waals surface area (Å²) in [5.41, 5.74) is 1.50. The van der Waals surface area contributed by atoms with E-state index < -0.39 is 5.41 Å². The van der Waals surface area contributed by atoms with Crippen molar-refractivity contribution in [2.24, 2.45) is 5.41 Å². The van der Waals surface area contributed by atoms with Gasteiger partial charge in [0.2, 0.25) is 5.91 Å². The van der Waals surface area contributed by atoms with Gasteiger partial charge in [-0.15, -0.1) is 0 Å². The first-order valence-corrected chi connectivity index (χ1v) is 13.3. The average Bonchev–Trinajstić information content (AvgIpc) is 3.21. The Labute approximate surface area is 230 Å². The molecule has 9 nitrogen and oxygen atoms in total. The number of hydrogen-bond donors (Lipinski definition) is 1. The summed E-state index contributed by atoms with van der Waals surface area (Å²) < 4.78 is 11.4. The second kappa shape index (κ2) is 9.89. The molecule has 1 spiro atoms. The molecule has 1 N–H and O–H groups in total. The highest BCUT2D eigenvalue weighted by atomic mass is 35.5. The molecule has 1 atom stereocenters. The zero-order valence-electron chi connectivity index (χ0n) is 21.1. The third-order valence-electron chi connectivity index (χ3n) is 7.90. The molecule has 6 rings (SSSR count). The Balaban J connectivity index is 1.24. The standard InChI is InChI=1S/C29H27ClN3O6/c30-21-5-2-19(3-6-21)26-29(28(35)32(26)22-7-9-23(10-8-22)33(36)37)12-14-31(15-13-29)27(34)20-4-11-24-25(18-20)39-17-1-16-38-24/h2-11,18,26H,1,12-17H2,(H,36,37)/q+1. The van der Waals surface area contributed by atoms with E-state index in [4.69, 9.17) is 21.1 Å². The predicted octanol–water partition coefficient (Wildman–Crippen LogP) is 5.31. The molecule has 1 unspecified atom stereocenters. The van der Waals surface area contributed by atoms with E-state index in [0.717, 1.165) is 12.0 Å². The van der Waals surface area contributed by atoms with E-state index in [1.165, 1.54) is 12.1 Å². The minimum atomic E-state index is -0.671. The maximum absolute atomic E-state index is 13.8. The Kier molecular flexibility index (Phi) is 6.38.